The lowest BCUT2D eigenvalue weighted by atomic mass is 9.73. The molecule has 1 aromatic rings. The first kappa shape index (κ1) is 19.7. The number of nitrogens with zero attached hydrogens (tertiary/aromatic N) is 1. The summed E-state index contributed by atoms with van der Waals surface area (Å²) in [5.41, 5.74) is 0.922. The quantitative estimate of drug-likeness (QED) is 0.805. The zero-order valence-electron chi connectivity index (χ0n) is 13.7. The SMILES string of the molecule is Cl.O=C(O)[C@H](c1ccc(Br)cc1)C1CCCCC1N1CCOCC1. The van der Waals surface area contributed by atoms with Crippen LogP contribution in [-0.2, 0) is 9.53 Å². The van der Waals surface area contributed by atoms with Gasteiger partial charge in [0.1, 0.15) is 0 Å². The number of hydrogen-bond acceptors (Lipinski definition) is 3. The van der Waals surface area contributed by atoms with Gasteiger partial charge in [-0.25, -0.2) is 0 Å². The molecule has 2 fully saturated rings. The first-order valence-corrected chi connectivity index (χ1v) is 9.26. The van der Waals surface area contributed by atoms with Gasteiger partial charge in [-0.2, -0.15) is 0 Å². The van der Waals surface area contributed by atoms with Crippen LogP contribution in [0.25, 0.3) is 0 Å². The molecule has 134 valence electrons. The highest BCUT2D eigenvalue weighted by molar-refractivity contribution is 9.10. The van der Waals surface area contributed by atoms with Gasteiger partial charge in [-0.3, -0.25) is 9.69 Å². The summed E-state index contributed by atoms with van der Waals surface area (Å²) in [6.45, 7) is 3.38. The molecule has 3 atom stereocenters. The number of rotatable bonds is 4. The maximum absolute atomic E-state index is 12.1. The lowest BCUT2D eigenvalue weighted by molar-refractivity contribution is -0.141. The average molecular weight is 419 g/mol. The van der Waals surface area contributed by atoms with Gasteiger partial charge in [0.05, 0.1) is 19.1 Å². The Hall–Kier alpha value is -0.620. The van der Waals surface area contributed by atoms with E-state index in [1.54, 1.807) is 0 Å². The molecule has 1 heterocycles. The molecular formula is C18H25BrClNO3. The van der Waals surface area contributed by atoms with Crippen LogP contribution in [-0.4, -0.2) is 48.3 Å². The lowest BCUT2D eigenvalue weighted by Gasteiger charge is -2.43. The molecule has 0 amide bonds. The van der Waals surface area contributed by atoms with Crippen molar-refractivity contribution in [1.82, 2.24) is 4.90 Å². The van der Waals surface area contributed by atoms with E-state index in [2.05, 4.69) is 20.8 Å². The Kier molecular flexibility index (Phi) is 7.54. The van der Waals surface area contributed by atoms with Crippen molar-refractivity contribution >= 4 is 34.3 Å². The molecule has 1 aliphatic carbocycles. The maximum atomic E-state index is 12.1. The molecule has 1 aliphatic heterocycles. The summed E-state index contributed by atoms with van der Waals surface area (Å²) in [6, 6.07) is 8.15. The molecule has 4 nitrogen and oxygen atoms in total. The van der Waals surface area contributed by atoms with E-state index in [4.69, 9.17) is 4.74 Å². The molecule has 3 rings (SSSR count). The Morgan fingerprint density at radius 1 is 1.17 bits per heavy atom. The smallest absolute Gasteiger partial charge is 0.311 e. The van der Waals surface area contributed by atoms with Crippen molar-refractivity contribution in [3.8, 4) is 0 Å². The monoisotopic (exact) mass is 417 g/mol. The highest BCUT2D eigenvalue weighted by atomic mass is 79.9. The molecule has 1 aromatic carbocycles. The number of carboxylic acid groups (broad SMARTS) is 1. The van der Waals surface area contributed by atoms with E-state index in [1.807, 2.05) is 24.3 Å². The Labute approximate surface area is 158 Å². The van der Waals surface area contributed by atoms with Crippen molar-refractivity contribution in [3.63, 3.8) is 0 Å². The number of carboxylic acids is 1. The van der Waals surface area contributed by atoms with E-state index in [1.165, 1.54) is 6.42 Å². The van der Waals surface area contributed by atoms with Crippen LogP contribution in [0.3, 0.4) is 0 Å². The van der Waals surface area contributed by atoms with E-state index in [9.17, 15) is 9.90 Å². The number of aliphatic carboxylic acids is 1. The molecule has 1 saturated heterocycles. The number of ether oxygens (including phenoxy) is 1. The van der Waals surface area contributed by atoms with Gasteiger partial charge in [0.2, 0.25) is 0 Å². The molecule has 0 spiro atoms. The van der Waals surface area contributed by atoms with E-state index in [0.29, 0.717) is 6.04 Å². The molecule has 2 unspecified atom stereocenters. The van der Waals surface area contributed by atoms with Crippen LogP contribution >= 0.6 is 28.3 Å². The number of carbonyl (C=O) groups is 1. The van der Waals surface area contributed by atoms with Crippen LogP contribution < -0.4 is 0 Å². The second-order valence-corrected chi connectivity index (χ2v) is 7.45. The first-order chi connectivity index (χ1) is 11.2. The minimum atomic E-state index is -0.697. The summed E-state index contributed by atoms with van der Waals surface area (Å²) < 4.78 is 6.45. The summed E-state index contributed by atoms with van der Waals surface area (Å²) in [5, 5.41) is 9.91. The molecular weight excluding hydrogens is 394 g/mol. The van der Waals surface area contributed by atoms with Crippen LogP contribution in [0.15, 0.2) is 28.7 Å². The van der Waals surface area contributed by atoms with Gasteiger partial charge in [0.15, 0.2) is 0 Å². The van der Waals surface area contributed by atoms with Gasteiger partial charge < -0.3 is 9.84 Å². The minimum Gasteiger partial charge on any atom is -0.481 e. The second kappa shape index (κ2) is 9.18. The molecule has 24 heavy (non-hydrogen) atoms. The van der Waals surface area contributed by atoms with Crippen molar-refractivity contribution in [1.29, 1.82) is 0 Å². The van der Waals surface area contributed by atoms with Gasteiger partial charge in [-0.05, 0) is 36.5 Å². The Morgan fingerprint density at radius 2 is 1.79 bits per heavy atom. The molecule has 6 heteroatoms. The van der Waals surface area contributed by atoms with Crippen LogP contribution in [0.1, 0.15) is 37.2 Å². The summed E-state index contributed by atoms with van der Waals surface area (Å²) in [5.74, 6) is -0.936. The normalized spacial score (nSPS) is 26.4. The van der Waals surface area contributed by atoms with Crippen LogP contribution in [0.2, 0.25) is 0 Å². The average Bonchev–Trinajstić information content (AvgIpc) is 2.58. The predicted octanol–water partition coefficient (Wildman–Crippen LogP) is 3.93. The number of halogens is 2. The first-order valence-electron chi connectivity index (χ1n) is 8.47. The highest BCUT2D eigenvalue weighted by Gasteiger charge is 2.39. The van der Waals surface area contributed by atoms with E-state index in [0.717, 1.165) is 55.6 Å². The molecule has 0 bridgehead atoms. The summed E-state index contributed by atoms with van der Waals surface area (Å²) >= 11 is 3.43. The summed E-state index contributed by atoms with van der Waals surface area (Å²) in [6.07, 6.45) is 4.43. The van der Waals surface area contributed by atoms with Crippen molar-refractivity contribution in [2.45, 2.75) is 37.6 Å². The highest BCUT2D eigenvalue weighted by Crippen LogP contribution is 2.39. The van der Waals surface area contributed by atoms with Gasteiger partial charge >= 0.3 is 5.97 Å². The summed E-state index contributed by atoms with van der Waals surface area (Å²) in [7, 11) is 0. The molecule has 0 aromatic heterocycles. The van der Waals surface area contributed by atoms with E-state index < -0.39 is 11.9 Å². The number of morpholine rings is 1. The fraction of sp³-hybridized carbons (Fsp3) is 0.611. The molecule has 1 saturated carbocycles. The summed E-state index contributed by atoms with van der Waals surface area (Å²) in [4.78, 5) is 14.5. The van der Waals surface area contributed by atoms with Gasteiger partial charge in [-0.1, -0.05) is 40.9 Å². The van der Waals surface area contributed by atoms with Gasteiger partial charge in [0.25, 0.3) is 0 Å². The third-order valence-electron chi connectivity index (χ3n) is 5.22. The van der Waals surface area contributed by atoms with Crippen LogP contribution in [0.5, 0.6) is 0 Å². The van der Waals surface area contributed by atoms with Crippen molar-refractivity contribution in [2.75, 3.05) is 26.3 Å². The van der Waals surface area contributed by atoms with Crippen molar-refractivity contribution < 1.29 is 14.6 Å². The topological polar surface area (TPSA) is 49.8 Å². The molecule has 1 N–H and O–H groups in total. The lowest BCUT2D eigenvalue weighted by Crippen LogP contribution is -2.50. The minimum absolute atomic E-state index is 0. The zero-order chi connectivity index (χ0) is 16.2. The molecule has 2 aliphatic rings. The number of hydrogen-bond donors (Lipinski definition) is 1. The fourth-order valence-electron chi connectivity index (χ4n) is 4.13. The van der Waals surface area contributed by atoms with Gasteiger partial charge in [0, 0.05) is 23.6 Å². The largest absolute Gasteiger partial charge is 0.481 e. The third kappa shape index (κ3) is 4.51. The zero-order valence-corrected chi connectivity index (χ0v) is 16.1. The van der Waals surface area contributed by atoms with Crippen molar-refractivity contribution in [2.24, 2.45) is 5.92 Å². The Morgan fingerprint density at radius 3 is 2.42 bits per heavy atom. The van der Waals surface area contributed by atoms with Gasteiger partial charge in [-0.15, -0.1) is 12.4 Å². The standard InChI is InChI=1S/C18H24BrNO3.ClH/c19-14-7-5-13(6-8-14)17(18(21)22)15-3-1-2-4-16(15)20-9-11-23-12-10-20;/h5-8,15-17H,1-4,9-12H2,(H,21,22);1H/t15?,16?,17-;/m1./s1. The van der Waals surface area contributed by atoms with E-state index in [-0.39, 0.29) is 18.3 Å². The number of benzene rings is 1. The Balaban J connectivity index is 0.00000208. The third-order valence-corrected chi connectivity index (χ3v) is 5.75. The molecule has 0 radical (unpaired) electrons. The van der Waals surface area contributed by atoms with Crippen molar-refractivity contribution in [3.05, 3.63) is 34.3 Å². The van der Waals surface area contributed by atoms with Crippen LogP contribution in [0.4, 0.5) is 0 Å². The second-order valence-electron chi connectivity index (χ2n) is 6.53. The van der Waals surface area contributed by atoms with Crippen LogP contribution in [0, 0.1) is 5.92 Å². The fourth-order valence-corrected chi connectivity index (χ4v) is 4.40. The maximum Gasteiger partial charge on any atom is 0.311 e. The predicted molar refractivity (Wildman–Crippen MR) is 99.9 cm³/mol. The van der Waals surface area contributed by atoms with E-state index >= 15 is 0 Å². The Bertz CT molecular complexity index is 534.